The molecule has 0 saturated heterocycles. The number of benzene rings is 1. The maximum absolute atomic E-state index is 11.6. The topological polar surface area (TPSA) is 73.6 Å². The van der Waals surface area contributed by atoms with E-state index in [1.807, 2.05) is 0 Å². The highest BCUT2D eigenvalue weighted by Crippen LogP contribution is 2.29. The highest BCUT2D eigenvalue weighted by Gasteiger charge is 2.10. The molecule has 0 bridgehead atoms. The van der Waals surface area contributed by atoms with Crippen molar-refractivity contribution in [2.24, 2.45) is 0 Å². The smallest absolute Gasteiger partial charge is 0.206 e. The first-order valence-corrected chi connectivity index (χ1v) is 6.03. The van der Waals surface area contributed by atoms with Crippen LogP contribution in [0.25, 0.3) is 5.69 Å². The highest BCUT2D eigenvalue weighted by molar-refractivity contribution is 5.48. The Morgan fingerprint density at radius 1 is 1.20 bits per heavy atom. The number of rotatable bonds is 4. The van der Waals surface area contributed by atoms with E-state index < -0.39 is 6.61 Å². The number of aryl methyl sites for hydroxylation is 1. The number of hydrogen-bond acceptors (Lipinski definition) is 5. The number of aliphatic hydroxyl groups is 1. The van der Waals surface area contributed by atoms with Gasteiger partial charge < -0.3 is 14.6 Å². The molecule has 0 unspecified atom stereocenters. The second-order valence-electron chi connectivity index (χ2n) is 4.21. The van der Waals surface area contributed by atoms with Gasteiger partial charge in [0.15, 0.2) is 11.5 Å². The van der Waals surface area contributed by atoms with Gasteiger partial charge in [0.2, 0.25) is 5.43 Å². The van der Waals surface area contributed by atoms with Gasteiger partial charge >= 0.3 is 0 Å². The van der Waals surface area contributed by atoms with Crippen LogP contribution in [0.1, 0.15) is 11.4 Å². The number of nitrogens with zero attached hydrogens (tertiary/aromatic N) is 2. The summed E-state index contributed by atoms with van der Waals surface area (Å²) in [6, 6.07) is 6.75. The Morgan fingerprint density at radius 2 is 1.90 bits per heavy atom. The zero-order valence-electron chi connectivity index (χ0n) is 11.6. The van der Waals surface area contributed by atoms with Gasteiger partial charge in [0.25, 0.3) is 0 Å². The fourth-order valence-corrected chi connectivity index (χ4v) is 1.91. The second-order valence-corrected chi connectivity index (χ2v) is 4.21. The molecule has 2 aromatic rings. The van der Waals surface area contributed by atoms with E-state index in [0.29, 0.717) is 17.2 Å². The molecule has 6 heteroatoms. The van der Waals surface area contributed by atoms with E-state index in [4.69, 9.17) is 14.6 Å². The third kappa shape index (κ3) is 2.50. The summed E-state index contributed by atoms with van der Waals surface area (Å²) in [7, 11) is 3.11. The van der Waals surface area contributed by atoms with Crippen LogP contribution in [-0.4, -0.2) is 29.1 Å². The van der Waals surface area contributed by atoms with E-state index in [2.05, 4.69) is 5.10 Å². The van der Waals surface area contributed by atoms with Crippen molar-refractivity contribution in [2.45, 2.75) is 13.5 Å². The minimum absolute atomic E-state index is 0.102. The Balaban J connectivity index is 2.59. The maximum Gasteiger partial charge on any atom is 0.206 e. The molecule has 0 aliphatic rings. The molecule has 0 amide bonds. The summed E-state index contributed by atoms with van der Waals surface area (Å²) >= 11 is 0. The summed E-state index contributed by atoms with van der Waals surface area (Å²) in [5.41, 5.74) is 1.21. The molecule has 0 saturated carbocycles. The molecular formula is C14H16N2O4. The fourth-order valence-electron chi connectivity index (χ4n) is 1.91. The normalized spacial score (nSPS) is 10.4. The van der Waals surface area contributed by atoms with Gasteiger partial charge in [-0.05, 0) is 19.1 Å². The van der Waals surface area contributed by atoms with E-state index >= 15 is 0 Å². The van der Waals surface area contributed by atoms with Crippen LogP contribution < -0.4 is 14.9 Å². The summed E-state index contributed by atoms with van der Waals surface area (Å²) in [5.74, 6) is 1.17. The van der Waals surface area contributed by atoms with Crippen LogP contribution in [0, 0.1) is 6.92 Å². The van der Waals surface area contributed by atoms with Gasteiger partial charge in [-0.3, -0.25) is 4.79 Å². The molecule has 0 aliphatic heterocycles. The minimum Gasteiger partial charge on any atom is -0.493 e. The molecular weight excluding hydrogens is 260 g/mol. The Morgan fingerprint density at radius 3 is 2.50 bits per heavy atom. The lowest BCUT2D eigenvalue weighted by Crippen LogP contribution is -2.18. The van der Waals surface area contributed by atoms with Crippen molar-refractivity contribution >= 4 is 0 Å². The average molecular weight is 276 g/mol. The molecule has 0 atom stereocenters. The SMILES string of the molecule is COc1ccc(-n2nc(CO)c(=O)cc2C)cc1OC. The summed E-state index contributed by atoms with van der Waals surface area (Å²) in [4.78, 5) is 11.6. The van der Waals surface area contributed by atoms with E-state index in [0.717, 1.165) is 5.69 Å². The third-order valence-electron chi connectivity index (χ3n) is 2.94. The van der Waals surface area contributed by atoms with Crippen LogP contribution in [0.3, 0.4) is 0 Å². The number of aromatic nitrogens is 2. The molecule has 1 N–H and O–H groups in total. The first kappa shape index (κ1) is 14.1. The Hall–Kier alpha value is -2.34. The average Bonchev–Trinajstić information content (AvgIpc) is 2.46. The quantitative estimate of drug-likeness (QED) is 0.903. The minimum atomic E-state index is -0.396. The lowest BCUT2D eigenvalue weighted by molar-refractivity contribution is 0.273. The van der Waals surface area contributed by atoms with Crippen molar-refractivity contribution in [3.63, 3.8) is 0 Å². The van der Waals surface area contributed by atoms with Gasteiger partial charge in [-0.15, -0.1) is 0 Å². The third-order valence-corrected chi connectivity index (χ3v) is 2.94. The summed E-state index contributed by atoms with van der Waals surface area (Å²) in [5, 5.41) is 13.3. The van der Waals surface area contributed by atoms with E-state index in [1.54, 1.807) is 44.0 Å². The van der Waals surface area contributed by atoms with Gasteiger partial charge in [0.1, 0.15) is 5.69 Å². The Labute approximate surface area is 116 Å². The van der Waals surface area contributed by atoms with Gasteiger partial charge in [0, 0.05) is 17.8 Å². The first-order valence-electron chi connectivity index (χ1n) is 6.03. The molecule has 1 heterocycles. The lowest BCUT2D eigenvalue weighted by atomic mass is 10.2. The number of ether oxygens (including phenoxy) is 2. The summed E-state index contributed by atoms with van der Waals surface area (Å²) in [6.45, 7) is 1.37. The molecule has 106 valence electrons. The van der Waals surface area contributed by atoms with Crippen LogP contribution in [0.4, 0.5) is 0 Å². The van der Waals surface area contributed by atoms with Crippen molar-refractivity contribution in [1.82, 2.24) is 9.78 Å². The lowest BCUT2D eigenvalue weighted by Gasteiger charge is -2.13. The summed E-state index contributed by atoms with van der Waals surface area (Å²) in [6.07, 6.45) is 0. The molecule has 1 aromatic heterocycles. The largest absolute Gasteiger partial charge is 0.493 e. The first-order chi connectivity index (χ1) is 9.60. The molecule has 0 spiro atoms. The Bertz CT molecular complexity index is 679. The van der Waals surface area contributed by atoms with Crippen molar-refractivity contribution in [3.05, 3.63) is 45.9 Å². The van der Waals surface area contributed by atoms with Gasteiger partial charge in [-0.25, -0.2) is 4.68 Å². The second kappa shape index (κ2) is 5.75. The molecule has 0 radical (unpaired) electrons. The maximum atomic E-state index is 11.6. The van der Waals surface area contributed by atoms with Crippen molar-refractivity contribution in [2.75, 3.05) is 14.2 Å². The number of hydrogen-bond donors (Lipinski definition) is 1. The van der Waals surface area contributed by atoms with Crippen molar-refractivity contribution in [3.8, 4) is 17.2 Å². The van der Waals surface area contributed by atoms with Crippen LogP contribution in [0.5, 0.6) is 11.5 Å². The molecule has 6 nitrogen and oxygen atoms in total. The van der Waals surface area contributed by atoms with Crippen LogP contribution in [0.2, 0.25) is 0 Å². The standard InChI is InChI=1S/C14H16N2O4/c1-9-6-12(18)11(8-17)15-16(9)10-4-5-13(19-2)14(7-10)20-3/h4-7,17H,8H2,1-3H3. The zero-order chi connectivity index (χ0) is 14.7. The van der Waals surface area contributed by atoms with E-state index in [1.165, 1.54) is 6.07 Å². The zero-order valence-corrected chi connectivity index (χ0v) is 11.6. The molecule has 0 aliphatic carbocycles. The van der Waals surface area contributed by atoms with Gasteiger partial charge in [-0.2, -0.15) is 5.10 Å². The number of methoxy groups -OCH3 is 2. The predicted molar refractivity (Wildman–Crippen MR) is 73.6 cm³/mol. The van der Waals surface area contributed by atoms with Crippen LogP contribution >= 0.6 is 0 Å². The van der Waals surface area contributed by atoms with E-state index in [-0.39, 0.29) is 11.1 Å². The number of aliphatic hydroxyl groups excluding tert-OH is 1. The summed E-state index contributed by atoms with van der Waals surface area (Å²) < 4.78 is 12.0. The highest BCUT2D eigenvalue weighted by atomic mass is 16.5. The van der Waals surface area contributed by atoms with Crippen LogP contribution in [0.15, 0.2) is 29.1 Å². The molecule has 1 aromatic carbocycles. The molecule has 2 rings (SSSR count). The predicted octanol–water partition coefficient (Wildman–Crippen LogP) is 1.05. The van der Waals surface area contributed by atoms with E-state index in [9.17, 15) is 4.79 Å². The Kier molecular flexibility index (Phi) is 4.05. The molecule has 20 heavy (non-hydrogen) atoms. The van der Waals surface area contributed by atoms with Gasteiger partial charge in [-0.1, -0.05) is 0 Å². The van der Waals surface area contributed by atoms with Crippen molar-refractivity contribution in [1.29, 1.82) is 0 Å². The fraction of sp³-hybridized carbons (Fsp3) is 0.286. The van der Waals surface area contributed by atoms with Crippen LogP contribution in [-0.2, 0) is 6.61 Å². The monoisotopic (exact) mass is 276 g/mol. The van der Waals surface area contributed by atoms with Crippen molar-refractivity contribution < 1.29 is 14.6 Å². The van der Waals surface area contributed by atoms with Gasteiger partial charge in [0.05, 0.1) is 26.5 Å². The molecule has 0 fully saturated rings.